The lowest BCUT2D eigenvalue weighted by Crippen LogP contribution is -2.22. The van der Waals surface area contributed by atoms with Gasteiger partial charge in [-0.05, 0) is 35.4 Å². The second kappa shape index (κ2) is 5.86. The fraction of sp³-hybridized carbons (Fsp3) is 0.0769. The van der Waals surface area contributed by atoms with Crippen molar-refractivity contribution in [2.45, 2.75) is 6.54 Å². The zero-order valence-electron chi connectivity index (χ0n) is 9.85. The Morgan fingerprint density at radius 3 is 2.79 bits per heavy atom. The summed E-state index contributed by atoms with van der Waals surface area (Å²) < 4.78 is 5.01. The first kappa shape index (κ1) is 13.6. The Morgan fingerprint density at radius 2 is 2.16 bits per heavy atom. The minimum Gasteiger partial charge on any atom is -0.440 e. The molecule has 3 N–H and O–H groups in total. The molecule has 0 atom stereocenters. The van der Waals surface area contributed by atoms with Gasteiger partial charge in [-0.3, -0.25) is 4.79 Å². The van der Waals surface area contributed by atoms with Gasteiger partial charge < -0.3 is 15.5 Å². The summed E-state index contributed by atoms with van der Waals surface area (Å²) in [6.07, 6.45) is 0. The SMILES string of the molecule is NC(=S)c1cccc(CNC(=O)c2ccc(Cl)o2)c1. The molecule has 0 fully saturated rings. The minimum absolute atomic E-state index is 0.176. The molecule has 4 nitrogen and oxygen atoms in total. The standard InChI is InChI=1S/C13H11ClN2O2S/c14-11-5-4-10(18-11)13(17)16-7-8-2-1-3-9(6-8)12(15)19/h1-6H,7H2,(H2,15,19)(H,16,17). The molecule has 1 heterocycles. The van der Waals surface area contributed by atoms with E-state index < -0.39 is 0 Å². The van der Waals surface area contributed by atoms with E-state index >= 15 is 0 Å². The number of benzene rings is 1. The molecule has 1 aromatic carbocycles. The molecule has 19 heavy (non-hydrogen) atoms. The van der Waals surface area contributed by atoms with Crippen LogP contribution in [-0.2, 0) is 6.54 Å². The van der Waals surface area contributed by atoms with Crippen LogP contribution in [0.2, 0.25) is 5.22 Å². The summed E-state index contributed by atoms with van der Waals surface area (Å²) >= 11 is 10.5. The molecular weight excluding hydrogens is 284 g/mol. The summed E-state index contributed by atoms with van der Waals surface area (Å²) in [7, 11) is 0. The Hall–Kier alpha value is -1.85. The first-order chi connectivity index (χ1) is 9.06. The molecule has 2 rings (SSSR count). The molecule has 0 aliphatic heterocycles. The van der Waals surface area contributed by atoms with Crippen LogP contribution in [0, 0.1) is 0 Å². The fourth-order valence-electron chi connectivity index (χ4n) is 1.54. The van der Waals surface area contributed by atoms with Crippen LogP contribution in [0.4, 0.5) is 0 Å². The number of thiocarbonyl (C=S) groups is 1. The van der Waals surface area contributed by atoms with Crippen LogP contribution >= 0.6 is 23.8 Å². The summed E-state index contributed by atoms with van der Waals surface area (Å²) in [5.74, 6) is -0.150. The summed E-state index contributed by atoms with van der Waals surface area (Å²) in [6, 6.07) is 10.4. The van der Waals surface area contributed by atoms with E-state index in [0.29, 0.717) is 11.5 Å². The van der Waals surface area contributed by atoms with Crippen molar-refractivity contribution >= 4 is 34.7 Å². The molecule has 0 bridgehead atoms. The van der Waals surface area contributed by atoms with Gasteiger partial charge in [-0.2, -0.15) is 0 Å². The van der Waals surface area contributed by atoms with E-state index in [0.717, 1.165) is 11.1 Å². The summed E-state index contributed by atoms with van der Waals surface area (Å²) in [5, 5.41) is 2.90. The van der Waals surface area contributed by atoms with Gasteiger partial charge in [0.1, 0.15) is 4.99 Å². The van der Waals surface area contributed by atoms with Crippen LogP contribution in [0.25, 0.3) is 0 Å². The van der Waals surface area contributed by atoms with E-state index in [2.05, 4.69) is 5.32 Å². The first-order valence-electron chi connectivity index (χ1n) is 5.48. The lowest BCUT2D eigenvalue weighted by molar-refractivity contribution is 0.0923. The van der Waals surface area contributed by atoms with E-state index in [-0.39, 0.29) is 16.9 Å². The molecule has 0 saturated heterocycles. The molecule has 98 valence electrons. The van der Waals surface area contributed by atoms with Gasteiger partial charge in [-0.25, -0.2) is 0 Å². The van der Waals surface area contributed by atoms with Crippen molar-refractivity contribution in [2.75, 3.05) is 0 Å². The van der Waals surface area contributed by atoms with Crippen LogP contribution < -0.4 is 11.1 Å². The highest BCUT2D eigenvalue weighted by atomic mass is 35.5. The van der Waals surface area contributed by atoms with Gasteiger partial charge in [0, 0.05) is 12.1 Å². The highest BCUT2D eigenvalue weighted by Gasteiger charge is 2.10. The summed E-state index contributed by atoms with van der Waals surface area (Å²) in [5.41, 5.74) is 7.21. The van der Waals surface area contributed by atoms with Crippen molar-refractivity contribution in [3.8, 4) is 0 Å². The Labute approximate surface area is 120 Å². The first-order valence-corrected chi connectivity index (χ1v) is 6.27. The number of furan rings is 1. The van der Waals surface area contributed by atoms with Crippen LogP contribution in [0.3, 0.4) is 0 Å². The number of carbonyl (C=O) groups excluding carboxylic acids is 1. The topological polar surface area (TPSA) is 68.3 Å². The third-order valence-corrected chi connectivity index (χ3v) is 2.90. The fourth-order valence-corrected chi connectivity index (χ4v) is 1.81. The minimum atomic E-state index is -0.326. The maximum absolute atomic E-state index is 11.7. The second-order valence-corrected chi connectivity index (χ2v) is 4.66. The summed E-state index contributed by atoms with van der Waals surface area (Å²) in [4.78, 5) is 12.1. The van der Waals surface area contributed by atoms with E-state index in [1.54, 1.807) is 0 Å². The average Bonchev–Trinajstić information content (AvgIpc) is 2.83. The monoisotopic (exact) mass is 294 g/mol. The van der Waals surface area contributed by atoms with Crippen LogP contribution in [-0.4, -0.2) is 10.9 Å². The Morgan fingerprint density at radius 1 is 1.37 bits per heavy atom. The maximum atomic E-state index is 11.7. The van der Waals surface area contributed by atoms with Gasteiger partial charge in [0.25, 0.3) is 5.91 Å². The molecule has 0 radical (unpaired) electrons. The molecule has 2 aromatic rings. The van der Waals surface area contributed by atoms with E-state index in [9.17, 15) is 4.79 Å². The van der Waals surface area contributed by atoms with Gasteiger partial charge in [0.05, 0.1) is 0 Å². The molecular formula is C13H11ClN2O2S. The molecule has 0 aliphatic carbocycles. The van der Waals surface area contributed by atoms with Crippen LogP contribution in [0.15, 0.2) is 40.8 Å². The van der Waals surface area contributed by atoms with Gasteiger partial charge in [0.15, 0.2) is 11.0 Å². The predicted octanol–water partition coefficient (Wildman–Crippen LogP) is 2.50. The maximum Gasteiger partial charge on any atom is 0.287 e. The number of hydrogen-bond acceptors (Lipinski definition) is 3. The highest BCUT2D eigenvalue weighted by molar-refractivity contribution is 7.80. The predicted molar refractivity (Wildman–Crippen MR) is 77.2 cm³/mol. The van der Waals surface area contributed by atoms with Crippen LogP contribution in [0.1, 0.15) is 21.7 Å². The Balaban J connectivity index is 2.01. The number of halogens is 1. The van der Waals surface area contributed by atoms with Gasteiger partial charge in [-0.1, -0.05) is 30.4 Å². The third-order valence-electron chi connectivity index (χ3n) is 2.46. The number of nitrogens with one attached hydrogen (secondary N) is 1. The van der Waals surface area contributed by atoms with Crippen molar-refractivity contribution < 1.29 is 9.21 Å². The zero-order valence-corrected chi connectivity index (χ0v) is 11.4. The molecule has 0 unspecified atom stereocenters. The van der Waals surface area contributed by atoms with E-state index in [1.807, 2.05) is 24.3 Å². The third kappa shape index (κ3) is 3.56. The molecule has 0 aliphatic rings. The molecule has 0 saturated carbocycles. The zero-order chi connectivity index (χ0) is 13.8. The number of amides is 1. The van der Waals surface area contributed by atoms with Crippen molar-refractivity contribution in [2.24, 2.45) is 5.73 Å². The van der Waals surface area contributed by atoms with Crippen molar-refractivity contribution in [1.82, 2.24) is 5.32 Å². The largest absolute Gasteiger partial charge is 0.440 e. The van der Waals surface area contributed by atoms with Gasteiger partial charge in [-0.15, -0.1) is 0 Å². The van der Waals surface area contributed by atoms with Gasteiger partial charge >= 0.3 is 0 Å². The molecule has 6 heteroatoms. The molecule has 0 spiro atoms. The number of nitrogens with two attached hydrogens (primary N) is 1. The smallest absolute Gasteiger partial charge is 0.287 e. The Bertz CT molecular complexity index is 625. The van der Waals surface area contributed by atoms with Crippen molar-refractivity contribution in [3.63, 3.8) is 0 Å². The van der Waals surface area contributed by atoms with Gasteiger partial charge in [0.2, 0.25) is 0 Å². The van der Waals surface area contributed by atoms with E-state index in [1.165, 1.54) is 12.1 Å². The van der Waals surface area contributed by atoms with Crippen molar-refractivity contribution in [1.29, 1.82) is 0 Å². The summed E-state index contributed by atoms with van der Waals surface area (Å²) in [6.45, 7) is 0.355. The van der Waals surface area contributed by atoms with E-state index in [4.69, 9.17) is 34.0 Å². The molecule has 1 amide bonds. The number of hydrogen-bond donors (Lipinski definition) is 2. The van der Waals surface area contributed by atoms with Crippen molar-refractivity contribution in [3.05, 3.63) is 58.5 Å². The second-order valence-electron chi connectivity index (χ2n) is 3.85. The average molecular weight is 295 g/mol. The highest BCUT2D eigenvalue weighted by Crippen LogP contribution is 2.13. The quantitative estimate of drug-likeness (QED) is 0.850. The lowest BCUT2D eigenvalue weighted by atomic mass is 10.1. The Kier molecular flexibility index (Phi) is 4.19. The lowest BCUT2D eigenvalue weighted by Gasteiger charge is -2.05. The number of carbonyl (C=O) groups is 1. The molecule has 1 aromatic heterocycles. The number of rotatable bonds is 4. The van der Waals surface area contributed by atoms with Crippen LogP contribution in [0.5, 0.6) is 0 Å². The normalized spacial score (nSPS) is 10.2.